The van der Waals surface area contributed by atoms with Crippen molar-refractivity contribution in [3.63, 3.8) is 0 Å². The molecule has 2 aromatic rings. The highest BCUT2D eigenvalue weighted by Gasteiger charge is 2.03. The van der Waals surface area contributed by atoms with Crippen LogP contribution in [-0.2, 0) is 27.4 Å². The number of nitrogens with zero attached hydrogens (tertiary/aromatic N) is 2. The number of ether oxygens (including phenoxy) is 2. The first-order chi connectivity index (χ1) is 13.2. The van der Waals surface area contributed by atoms with E-state index < -0.39 is 0 Å². The van der Waals surface area contributed by atoms with Gasteiger partial charge in [0.05, 0.1) is 38.2 Å². The molecule has 1 aromatic carbocycles. The SMILES string of the molecule is CCOC(=O)CCCNC(=S)Nc1cnn(CCOCc2ccccc2)c1. The largest absolute Gasteiger partial charge is 0.466 e. The van der Waals surface area contributed by atoms with E-state index in [1.807, 2.05) is 36.5 Å². The zero-order chi connectivity index (χ0) is 19.3. The molecule has 0 amide bonds. The first-order valence-corrected chi connectivity index (χ1v) is 9.43. The number of rotatable bonds is 11. The molecular weight excluding hydrogens is 364 g/mol. The Bertz CT molecular complexity index is 706. The van der Waals surface area contributed by atoms with Gasteiger partial charge < -0.3 is 20.1 Å². The summed E-state index contributed by atoms with van der Waals surface area (Å²) in [7, 11) is 0. The van der Waals surface area contributed by atoms with E-state index in [2.05, 4.69) is 15.7 Å². The van der Waals surface area contributed by atoms with Crippen LogP contribution < -0.4 is 10.6 Å². The number of benzene rings is 1. The lowest BCUT2D eigenvalue weighted by atomic mass is 10.2. The smallest absolute Gasteiger partial charge is 0.305 e. The van der Waals surface area contributed by atoms with Crippen LogP contribution in [0.15, 0.2) is 42.7 Å². The molecule has 2 N–H and O–H groups in total. The van der Waals surface area contributed by atoms with Gasteiger partial charge in [-0.15, -0.1) is 0 Å². The molecular formula is C19H26N4O3S. The van der Waals surface area contributed by atoms with Crippen LogP contribution in [0.2, 0.25) is 0 Å². The summed E-state index contributed by atoms with van der Waals surface area (Å²) in [4.78, 5) is 11.3. The Kier molecular flexibility index (Phi) is 9.29. The van der Waals surface area contributed by atoms with Crippen molar-refractivity contribution in [1.29, 1.82) is 0 Å². The van der Waals surface area contributed by atoms with Gasteiger partial charge in [-0.3, -0.25) is 9.48 Å². The highest BCUT2D eigenvalue weighted by atomic mass is 32.1. The van der Waals surface area contributed by atoms with Crippen LogP contribution in [0.5, 0.6) is 0 Å². The van der Waals surface area contributed by atoms with Crippen LogP contribution in [0.1, 0.15) is 25.3 Å². The van der Waals surface area contributed by atoms with Gasteiger partial charge in [-0.1, -0.05) is 30.3 Å². The second-order valence-electron chi connectivity index (χ2n) is 5.82. The van der Waals surface area contributed by atoms with Gasteiger partial charge in [0.2, 0.25) is 0 Å². The molecule has 27 heavy (non-hydrogen) atoms. The van der Waals surface area contributed by atoms with Crippen LogP contribution in [0.3, 0.4) is 0 Å². The van der Waals surface area contributed by atoms with E-state index in [1.54, 1.807) is 17.8 Å². The maximum Gasteiger partial charge on any atom is 0.305 e. The molecule has 1 heterocycles. The third-order valence-corrected chi connectivity index (χ3v) is 3.86. The van der Waals surface area contributed by atoms with Crippen LogP contribution in [-0.4, -0.2) is 40.6 Å². The van der Waals surface area contributed by atoms with Crippen LogP contribution in [0.25, 0.3) is 0 Å². The predicted octanol–water partition coefficient (Wildman–Crippen LogP) is 2.73. The number of carbonyl (C=O) groups excluding carboxylic acids is 1. The molecule has 8 heteroatoms. The molecule has 0 radical (unpaired) electrons. The summed E-state index contributed by atoms with van der Waals surface area (Å²) < 4.78 is 12.3. The molecule has 1 aromatic heterocycles. The van der Waals surface area contributed by atoms with Crippen molar-refractivity contribution in [2.24, 2.45) is 0 Å². The molecule has 0 aliphatic carbocycles. The van der Waals surface area contributed by atoms with Crippen molar-refractivity contribution < 1.29 is 14.3 Å². The number of thiocarbonyl (C=S) groups is 1. The van der Waals surface area contributed by atoms with Crippen molar-refractivity contribution >= 4 is 29.0 Å². The molecule has 0 fully saturated rings. The van der Waals surface area contributed by atoms with Gasteiger partial charge in [-0.05, 0) is 31.1 Å². The summed E-state index contributed by atoms with van der Waals surface area (Å²) in [5.74, 6) is -0.186. The van der Waals surface area contributed by atoms with Crippen molar-refractivity contribution in [2.45, 2.75) is 32.9 Å². The highest BCUT2D eigenvalue weighted by molar-refractivity contribution is 7.80. The third-order valence-electron chi connectivity index (χ3n) is 3.62. The molecule has 7 nitrogen and oxygen atoms in total. The molecule has 2 rings (SSSR count). The molecule has 0 aliphatic heterocycles. The molecule has 0 aliphatic rings. The van der Waals surface area contributed by atoms with Gasteiger partial charge in [0.25, 0.3) is 0 Å². The quantitative estimate of drug-likeness (QED) is 0.347. The Morgan fingerprint density at radius 2 is 2.11 bits per heavy atom. The number of aromatic nitrogens is 2. The van der Waals surface area contributed by atoms with E-state index in [1.165, 1.54) is 0 Å². The number of hydrogen-bond acceptors (Lipinski definition) is 5. The fraction of sp³-hybridized carbons (Fsp3) is 0.421. The van der Waals surface area contributed by atoms with E-state index >= 15 is 0 Å². The monoisotopic (exact) mass is 390 g/mol. The van der Waals surface area contributed by atoms with Gasteiger partial charge in [-0.25, -0.2) is 0 Å². The second-order valence-corrected chi connectivity index (χ2v) is 6.23. The van der Waals surface area contributed by atoms with E-state index in [-0.39, 0.29) is 5.97 Å². The van der Waals surface area contributed by atoms with Gasteiger partial charge in [0, 0.05) is 19.2 Å². The average molecular weight is 391 g/mol. The Hall–Kier alpha value is -2.45. The van der Waals surface area contributed by atoms with Crippen molar-refractivity contribution in [3.8, 4) is 0 Å². The minimum atomic E-state index is -0.186. The zero-order valence-corrected chi connectivity index (χ0v) is 16.3. The summed E-state index contributed by atoms with van der Waals surface area (Å²) in [6.07, 6.45) is 4.63. The van der Waals surface area contributed by atoms with Crippen molar-refractivity contribution in [3.05, 3.63) is 48.3 Å². The Labute approximate surface area is 165 Å². The number of nitrogens with one attached hydrogen (secondary N) is 2. The lowest BCUT2D eigenvalue weighted by Crippen LogP contribution is -2.29. The zero-order valence-electron chi connectivity index (χ0n) is 15.5. The molecule has 0 unspecified atom stereocenters. The van der Waals surface area contributed by atoms with Crippen LogP contribution in [0.4, 0.5) is 5.69 Å². The minimum Gasteiger partial charge on any atom is -0.466 e. The van der Waals surface area contributed by atoms with Crippen molar-refractivity contribution in [1.82, 2.24) is 15.1 Å². The van der Waals surface area contributed by atoms with Crippen LogP contribution in [0, 0.1) is 0 Å². The summed E-state index contributed by atoms with van der Waals surface area (Å²) in [5.41, 5.74) is 1.96. The Morgan fingerprint density at radius 1 is 1.30 bits per heavy atom. The molecule has 0 atom stereocenters. The maximum atomic E-state index is 11.3. The average Bonchev–Trinajstić information content (AvgIpc) is 3.11. The number of hydrogen-bond donors (Lipinski definition) is 2. The molecule has 0 saturated carbocycles. The van der Waals surface area contributed by atoms with Gasteiger partial charge in [0.15, 0.2) is 5.11 Å². The molecule has 146 valence electrons. The van der Waals surface area contributed by atoms with E-state index in [9.17, 15) is 4.79 Å². The fourth-order valence-corrected chi connectivity index (χ4v) is 2.54. The molecule has 0 spiro atoms. The van der Waals surface area contributed by atoms with Gasteiger partial charge in [0.1, 0.15) is 0 Å². The summed E-state index contributed by atoms with van der Waals surface area (Å²) in [6.45, 7) is 4.64. The fourth-order valence-electron chi connectivity index (χ4n) is 2.32. The van der Waals surface area contributed by atoms with Crippen LogP contribution >= 0.6 is 12.2 Å². The van der Waals surface area contributed by atoms with Gasteiger partial charge in [-0.2, -0.15) is 5.10 Å². The van der Waals surface area contributed by atoms with Gasteiger partial charge >= 0.3 is 5.97 Å². The molecule has 0 saturated heterocycles. The normalized spacial score (nSPS) is 10.4. The first-order valence-electron chi connectivity index (χ1n) is 9.02. The topological polar surface area (TPSA) is 77.4 Å². The number of anilines is 1. The Balaban J connectivity index is 1.59. The summed E-state index contributed by atoms with van der Waals surface area (Å²) in [6, 6.07) is 10.1. The summed E-state index contributed by atoms with van der Waals surface area (Å²) in [5, 5.41) is 10.9. The third kappa shape index (κ3) is 8.65. The van der Waals surface area contributed by atoms with E-state index in [0.29, 0.717) is 50.9 Å². The maximum absolute atomic E-state index is 11.3. The predicted molar refractivity (Wildman–Crippen MR) is 108 cm³/mol. The lowest BCUT2D eigenvalue weighted by molar-refractivity contribution is -0.143. The standard InChI is InChI=1S/C19H26N4O3S/c1-2-26-18(24)9-6-10-20-19(27)22-17-13-21-23(14-17)11-12-25-15-16-7-4-3-5-8-16/h3-5,7-8,13-14H,2,6,9-12,15H2,1H3,(H2,20,22,27). The molecule has 0 bridgehead atoms. The van der Waals surface area contributed by atoms with Crippen molar-refractivity contribution in [2.75, 3.05) is 25.1 Å². The second kappa shape index (κ2) is 12.0. The minimum absolute atomic E-state index is 0.186. The van der Waals surface area contributed by atoms with E-state index in [4.69, 9.17) is 21.7 Å². The first kappa shape index (κ1) is 20.9. The highest BCUT2D eigenvalue weighted by Crippen LogP contribution is 2.05. The Morgan fingerprint density at radius 3 is 2.89 bits per heavy atom. The number of carbonyl (C=O) groups is 1. The lowest BCUT2D eigenvalue weighted by Gasteiger charge is -2.08. The number of esters is 1. The van der Waals surface area contributed by atoms with E-state index in [0.717, 1.165) is 11.3 Å². The summed E-state index contributed by atoms with van der Waals surface area (Å²) >= 11 is 5.24.